The van der Waals surface area contributed by atoms with Crippen LogP contribution in [0.25, 0.3) is 61.3 Å². The van der Waals surface area contributed by atoms with Crippen molar-refractivity contribution < 1.29 is 0 Å². The molecular weight excluding hydrogens is 486 g/mol. The van der Waals surface area contributed by atoms with Gasteiger partial charge in [-0.15, -0.1) is 0 Å². The Kier molecular flexibility index (Phi) is 4.86. The topological polar surface area (TPSA) is 30.7 Å². The normalized spacial score (nSPS) is 13.4. The molecule has 0 N–H and O–H groups in total. The molecule has 190 valence electrons. The maximum absolute atomic E-state index is 5.24. The van der Waals surface area contributed by atoms with Crippen LogP contribution in [0.3, 0.4) is 0 Å². The summed E-state index contributed by atoms with van der Waals surface area (Å²) in [6.07, 6.45) is 2.02. The summed E-state index contributed by atoms with van der Waals surface area (Å²) in [5.74, 6) is 0.724. The second-order valence-corrected chi connectivity index (χ2v) is 11.1. The van der Waals surface area contributed by atoms with E-state index in [0.717, 1.165) is 28.3 Å². The van der Waals surface area contributed by atoms with E-state index in [1.54, 1.807) is 0 Å². The molecule has 0 aliphatic heterocycles. The lowest BCUT2D eigenvalue weighted by atomic mass is 9.81. The highest BCUT2D eigenvalue weighted by Crippen LogP contribution is 2.54. The number of hydrogen-bond donors (Lipinski definition) is 0. The molecule has 40 heavy (non-hydrogen) atoms. The first-order valence-corrected chi connectivity index (χ1v) is 13.8. The summed E-state index contributed by atoms with van der Waals surface area (Å²) in [5, 5.41) is 3.73. The molecule has 0 atom stereocenters. The zero-order valence-electron chi connectivity index (χ0n) is 22.5. The number of nitrogens with zero attached hydrogens (tertiary/aromatic N) is 3. The average molecular weight is 514 g/mol. The molecule has 0 saturated heterocycles. The Morgan fingerprint density at radius 3 is 2.10 bits per heavy atom. The van der Waals surface area contributed by atoms with Crippen LogP contribution in [0.1, 0.15) is 25.0 Å². The van der Waals surface area contributed by atoms with E-state index in [2.05, 4.69) is 122 Å². The molecule has 7 aromatic rings. The third-order valence-corrected chi connectivity index (χ3v) is 8.42. The van der Waals surface area contributed by atoms with Crippen LogP contribution in [0.5, 0.6) is 0 Å². The fourth-order valence-corrected chi connectivity index (χ4v) is 6.62. The summed E-state index contributed by atoms with van der Waals surface area (Å²) >= 11 is 0. The van der Waals surface area contributed by atoms with Crippen molar-refractivity contribution in [3.05, 3.63) is 139 Å². The van der Waals surface area contributed by atoms with Crippen molar-refractivity contribution in [2.45, 2.75) is 19.3 Å². The van der Waals surface area contributed by atoms with Gasteiger partial charge in [-0.2, -0.15) is 0 Å². The van der Waals surface area contributed by atoms with Crippen LogP contribution in [0.4, 0.5) is 0 Å². The van der Waals surface area contributed by atoms with Gasteiger partial charge in [-0.05, 0) is 16.5 Å². The third-order valence-electron chi connectivity index (χ3n) is 8.42. The molecular formula is C37H27N3. The van der Waals surface area contributed by atoms with Gasteiger partial charge < -0.3 is 4.57 Å². The third kappa shape index (κ3) is 3.18. The second kappa shape index (κ2) is 8.49. The molecule has 0 radical (unpaired) electrons. The highest BCUT2D eigenvalue weighted by molar-refractivity contribution is 6.12. The Morgan fingerprint density at radius 2 is 1.30 bits per heavy atom. The first-order chi connectivity index (χ1) is 19.6. The van der Waals surface area contributed by atoms with Crippen LogP contribution in [0.15, 0.2) is 128 Å². The van der Waals surface area contributed by atoms with Crippen LogP contribution < -0.4 is 0 Å². The van der Waals surface area contributed by atoms with E-state index in [4.69, 9.17) is 9.97 Å². The molecule has 5 aromatic carbocycles. The lowest BCUT2D eigenvalue weighted by Crippen LogP contribution is -2.14. The average Bonchev–Trinajstić information content (AvgIpc) is 3.49. The lowest BCUT2D eigenvalue weighted by molar-refractivity contribution is 0.666. The van der Waals surface area contributed by atoms with Crippen molar-refractivity contribution in [3.63, 3.8) is 0 Å². The molecule has 2 aromatic heterocycles. The quantitative estimate of drug-likeness (QED) is 0.236. The molecule has 1 aliphatic rings. The standard InChI is InChI=1S/C37H27N3/c1-37(2)30-20-12-11-19-28(30)35-32(37)29-22-21-24-13-9-10-18-27(24)34(29)40(35)31-23-38-36(26-16-7-4-8-17-26)39-33(31)25-14-5-3-6-15-25/h3-23H,1-2H3. The minimum Gasteiger partial charge on any atom is -0.305 e. The van der Waals surface area contributed by atoms with Gasteiger partial charge in [0.2, 0.25) is 0 Å². The number of hydrogen-bond acceptors (Lipinski definition) is 2. The van der Waals surface area contributed by atoms with Crippen LogP contribution in [-0.4, -0.2) is 14.5 Å². The molecule has 2 heterocycles. The van der Waals surface area contributed by atoms with Crippen LogP contribution in [0.2, 0.25) is 0 Å². The Hall–Kier alpha value is -5.02. The molecule has 0 spiro atoms. The molecule has 8 rings (SSSR count). The number of fused-ring (bicyclic) bond motifs is 7. The summed E-state index contributed by atoms with van der Waals surface area (Å²) < 4.78 is 2.44. The molecule has 0 unspecified atom stereocenters. The fraction of sp³-hybridized carbons (Fsp3) is 0.0811. The Morgan fingerprint density at radius 1 is 0.625 bits per heavy atom. The van der Waals surface area contributed by atoms with Gasteiger partial charge in [0.05, 0.1) is 28.8 Å². The molecule has 1 aliphatic carbocycles. The molecule has 0 bridgehead atoms. The molecule has 3 heteroatoms. The van der Waals surface area contributed by atoms with E-state index in [0.29, 0.717) is 0 Å². The smallest absolute Gasteiger partial charge is 0.159 e. The van der Waals surface area contributed by atoms with Crippen molar-refractivity contribution in [1.82, 2.24) is 14.5 Å². The number of benzene rings is 5. The van der Waals surface area contributed by atoms with Crippen molar-refractivity contribution in [2.75, 3.05) is 0 Å². The van der Waals surface area contributed by atoms with Crippen molar-refractivity contribution in [3.8, 4) is 39.6 Å². The van der Waals surface area contributed by atoms with Crippen LogP contribution in [-0.2, 0) is 5.41 Å². The van der Waals surface area contributed by atoms with Gasteiger partial charge >= 0.3 is 0 Å². The van der Waals surface area contributed by atoms with Gasteiger partial charge in [-0.1, -0.05) is 135 Å². The zero-order chi connectivity index (χ0) is 26.8. The maximum atomic E-state index is 5.24. The Bertz CT molecular complexity index is 2070. The predicted molar refractivity (Wildman–Crippen MR) is 165 cm³/mol. The lowest BCUT2D eigenvalue weighted by Gasteiger charge is -2.21. The molecule has 0 amide bonds. The van der Waals surface area contributed by atoms with Crippen LogP contribution in [0, 0.1) is 0 Å². The summed E-state index contributed by atoms with van der Waals surface area (Å²) in [6.45, 7) is 4.70. The highest BCUT2D eigenvalue weighted by atomic mass is 15.1. The van der Waals surface area contributed by atoms with E-state index in [1.807, 2.05) is 24.4 Å². The van der Waals surface area contributed by atoms with E-state index >= 15 is 0 Å². The molecule has 0 fully saturated rings. The molecule has 0 saturated carbocycles. The fourth-order valence-electron chi connectivity index (χ4n) is 6.62. The summed E-state index contributed by atoms with van der Waals surface area (Å²) in [6, 6.07) is 42.8. The predicted octanol–water partition coefficient (Wildman–Crippen LogP) is 9.21. The SMILES string of the molecule is CC1(C)c2ccccc2-c2c1c1ccc3ccccc3c1n2-c1cnc(-c2ccccc2)nc1-c1ccccc1. The van der Waals surface area contributed by atoms with Crippen molar-refractivity contribution in [1.29, 1.82) is 0 Å². The van der Waals surface area contributed by atoms with E-state index in [-0.39, 0.29) is 5.41 Å². The van der Waals surface area contributed by atoms with E-state index < -0.39 is 0 Å². The highest BCUT2D eigenvalue weighted by Gasteiger charge is 2.41. The summed E-state index contributed by atoms with van der Waals surface area (Å²) in [5.41, 5.74) is 10.3. The minimum atomic E-state index is -0.143. The van der Waals surface area contributed by atoms with Crippen molar-refractivity contribution in [2.24, 2.45) is 0 Å². The largest absolute Gasteiger partial charge is 0.305 e. The van der Waals surface area contributed by atoms with Gasteiger partial charge in [0.1, 0.15) is 0 Å². The zero-order valence-corrected chi connectivity index (χ0v) is 22.5. The maximum Gasteiger partial charge on any atom is 0.159 e. The number of aromatic nitrogens is 3. The first-order valence-electron chi connectivity index (χ1n) is 13.8. The van der Waals surface area contributed by atoms with Gasteiger partial charge in [0.25, 0.3) is 0 Å². The summed E-state index contributed by atoms with van der Waals surface area (Å²) in [4.78, 5) is 10.2. The molecule has 3 nitrogen and oxygen atoms in total. The Labute approximate surface area is 233 Å². The first kappa shape index (κ1) is 22.9. The van der Waals surface area contributed by atoms with Crippen molar-refractivity contribution >= 4 is 21.7 Å². The van der Waals surface area contributed by atoms with E-state index in [9.17, 15) is 0 Å². The Balaban J connectivity index is 1.55. The second-order valence-electron chi connectivity index (χ2n) is 11.1. The monoisotopic (exact) mass is 513 g/mol. The van der Waals surface area contributed by atoms with Gasteiger partial charge in [-0.3, -0.25) is 0 Å². The van der Waals surface area contributed by atoms with Gasteiger partial charge in [-0.25, -0.2) is 9.97 Å². The number of rotatable bonds is 3. The van der Waals surface area contributed by atoms with Gasteiger partial charge in [0.15, 0.2) is 5.82 Å². The van der Waals surface area contributed by atoms with Gasteiger partial charge in [0, 0.05) is 32.9 Å². The van der Waals surface area contributed by atoms with Crippen LogP contribution >= 0.6 is 0 Å². The minimum absolute atomic E-state index is 0.143. The summed E-state index contributed by atoms with van der Waals surface area (Å²) in [7, 11) is 0. The van der Waals surface area contributed by atoms with E-state index in [1.165, 1.54) is 44.1 Å².